The fourth-order valence-corrected chi connectivity index (χ4v) is 0. The van der Waals surface area contributed by atoms with Gasteiger partial charge in [-0.05, 0) is 0 Å². The third-order valence-electron chi connectivity index (χ3n) is 0.0412. The van der Waals surface area contributed by atoms with Crippen molar-refractivity contribution < 1.29 is 1.37 Å². The highest BCUT2D eigenvalue weighted by Crippen LogP contribution is 1.78. The van der Waals surface area contributed by atoms with Gasteiger partial charge in [-0.1, -0.05) is 23.2 Å². The molecule has 0 nitrogen and oxygen atoms in total. The predicted octanol–water partition coefficient (Wildman–Crippen LogP) is 1.94. The largest absolute Gasteiger partial charge is 0.0920 e. The van der Waals surface area contributed by atoms with E-state index < -0.39 is 0 Å². The van der Waals surface area contributed by atoms with Gasteiger partial charge in [0.25, 0.3) is 0 Å². The van der Waals surface area contributed by atoms with Gasteiger partial charge in [-0.25, -0.2) is 0 Å². The number of rotatable bonds is 0. The Kier molecular flexibility index (Phi) is 2.12. The van der Waals surface area contributed by atoms with Crippen LogP contribution in [-0.4, -0.2) is 0 Å². The van der Waals surface area contributed by atoms with Crippen LogP contribution in [0.4, 0.5) is 0 Å². The zero-order valence-electron chi connectivity index (χ0n) is 2.83. The lowest BCUT2D eigenvalue weighted by molar-refractivity contribution is 2.51. The van der Waals surface area contributed by atoms with Gasteiger partial charge in [-0.3, -0.25) is 0 Å². The average molecular weight is 98.0 g/mol. The molecular formula is C2H2Cl2. The summed E-state index contributed by atoms with van der Waals surface area (Å²) in [6.07, 6.45) is 0. The molecule has 0 amide bonds. The molecule has 0 bridgehead atoms. The normalized spacial score (nSPS) is 15.5. The topological polar surface area (TPSA) is 0 Å². The first-order valence-electron chi connectivity index (χ1n) is 1.20. The molecule has 0 rings (SSSR count). The standard InChI is InChI=1S/C2H2Cl2/c3-1-2-4/h1-2H/b2-1+/i1D. The maximum Gasteiger partial charge on any atom is 0.0764 e. The molecule has 0 aromatic carbocycles. The molecule has 0 aliphatic carbocycles. The second-order valence-electron chi connectivity index (χ2n) is 0.218. The highest BCUT2D eigenvalue weighted by atomic mass is 35.5. The molecule has 0 aliphatic rings. The van der Waals surface area contributed by atoms with E-state index in [1.807, 2.05) is 0 Å². The van der Waals surface area contributed by atoms with E-state index in [-0.39, 0.29) is 5.51 Å². The maximum atomic E-state index is 6.32. The van der Waals surface area contributed by atoms with Crippen molar-refractivity contribution in [3.8, 4) is 0 Å². The van der Waals surface area contributed by atoms with Gasteiger partial charge in [0.1, 0.15) is 0 Å². The van der Waals surface area contributed by atoms with Gasteiger partial charge in [0.05, 0.1) is 1.37 Å². The zero-order chi connectivity index (χ0) is 4.28. The van der Waals surface area contributed by atoms with Crippen molar-refractivity contribution >= 4 is 23.2 Å². The molecule has 0 N–H and O–H groups in total. The van der Waals surface area contributed by atoms with Crippen molar-refractivity contribution in [2.45, 2.75) is 0 Å². The van der Waals surface area contributed by atoms with Gasteiger partial charge in [0.2, 0.25) is 0 Å². The Morgan fingerprint density at radius 3 is 2.00 bits per heavy atom. The molecule has 0 aromatic rings. The lowest BCUT2D eigenvalue weighted by atomic mass is 11.3. The second kappa shape index (κ2) is 3.32. The van der Waals surface area contributed by atoms with E-state index >= 15 is 0 Å². The Bertz CT molecular complexity index is 45.6. The van der Waals surface area contributed by atoms with Gasteiger partial charge < -0.3 is 0 Å². The Hall–Kier alpha value is 0.320. The van der Waals surface area contributed by atoms with Gasteiger partial charge in [0, 0.05) is 11.0 Å². The minimum atomic E-state index is -0.133. The highest BCUT2D eigenvalue weighted by molar-refractivity contribution is 6.33. The van der Waals surface area contributed by atoms with E-state index in [1.54, 1.807) is 0 Å². The van der Waals surface area contributed by atoms with Crippen LogP contribution in [0, 0.1) is 0 Å². The molecule has 24 valence electrons. The fraction of sp³-hybridized carbons (Fsp3) is 0. The van der Waals surface area contributed by atoms with Gasteiger partial charge >= 0.3 is 0 Å². The molecule has 0 radical (unpaired) electrons. The summed E-state index contributed by atoms with van der Waals surface area (Å²) in [5, 5.41) is 0. The average Bonchev–Trinajstić information content (AvgIpc) is 1.38. The van der Waals surface area contributed by atoms with Crippen molar-refractivity contribution in [2.75, 3.05) is 0 Å². The Morgan fingerprint density at radius 1 is 1.75 bits per heavy atom. The second-order valence-corrected chi connectivity index (χ2v) is 0.655. The molecule has 0 spiro atoms. The van der Waals surface area contributed by atoms with E-state index in [0.29, 0.717) is 0 Å². The van der Waals surface area contributed by atoms with Crippen LogP contribution < -0.4 is 0 Å². The Morgan fingerprint density at radius 2 is 2.00 bits per heavy atom. The third-order valence-corrected chi connectivity index (χ3v) is 0.371. The van der Waals surface area contributed by atoms with Crippen LogP contribution in [0.1, 0.15) is 1.37 Å². The summed E-state index contributed by atoms with van der Waals surface area (Å²) >= 11 is 9.71. The van der Waals surface area contributed by atoms with Crippen LogP contribution in [-0.2, 0) is 0 Å². The zero-order valence-corrected chi connectivity index (χ0v) is 3.35. The molecule has 0 unspecified atom stereocenters. The van der Waals surface area contributed by atoms with E-state index in [2.05, 4.69) is 0 Å². The predicted molar refractivity (Wildman–Crippen MR) is 20.8 cm³/mol. The Labute approximate surface area is 36.4 Å². The summed E-state index contributed by atoms with van der Waals surface area (Å²) in [5.74, 6) is 0. The van der Waals surface area contributed by atoms with E-state index in [4.69, 9.17) is 24.6 Å². The summed E-state index contributed by atoms with van der Waals surface area (Å²) in [4.78, 5) is 0. The maximum absolute atomic E-state index is 6.32. The Balaban J connectivity index is 3.14. The highest BCUT2D eigenvalue weighted by Gasteiger charge is 1.40. The molecule has 4 heavy (non-hydrogen) atoms. The van der Waals surface area contributed by atoms with Crippen LogP contribution in [0.2, 0.25) is 0 Å². The van der Waals surface area contributed by atoms with Crippen molar-refractivity contribution in [3.05, 3.63) is 11.0 Å². The minimum Gasteiger partial charge on any atom is -0.0920 e. The number of hydrogen-bond acceptors (Lipinski definition) is 0. The first-order chi connectivity index (χ1) is 2.27. The molecule has 0 saturated carbocycles. The number of hydrogen-bond donors (Lipinski definition) is 0. The van der Waals surface area contributed by atoms with Gasteiger partial charge in [-0.15, -0.1) is 0 Å². The van der Waals surface area contributed by atoms with Crippen molar-refractivity contribution in [3.63, 3.8) is 0 Å². The van der Waals surface area contributed by atoms with E-state index in [9.17, 15) is 0 Å². The molecule has 2 heteroatoms. The molecule has 0 aromatic heterocycles. The summed E-state index contributed by atoms with van der Waals surface area (Å²) in [6.45, 7) is 0. The van der Waals surface area contributed by atoms with Gasteiger partial charge in [0.15, 0.2) is 0 Å². The molecule has 0 saturated heterocycles. The van der Waals surface area contributed by atoms with Crippen molar-refractivity contribution in [2.24, 2.45) is 0 Å². The van der Waals surface area contributed by atoms with Crippen LogP contribution in [0.5, 0.6) is 0 Å². The first kappa shape index (κ1) is 2.55. The lowest BCUT2D eigenvalue weighted by Crippen LogP contribution is -1.11. The molecule has 0 heterocycles. The number of halogens is 2. The summed E-state index contributed by atoms with van der Waals surface area (Å²) < 4.78 is 6.32. The molecule has 0 fully saturated rings. The first-order valence-corrected chi connectivity index (χ1v) is 1.51. The van der Waals surface area contributed by atoms with Crippen molar-refractivity contribution in [1.29, 1.82) is 0 Å². The monoisotopic (exact) mass is 97.0 g/mol. The molecular weight excluding hydrogens is 94.9 g/mol. The molecule has 0 aliphatic heterocycles. The minimum absolute atomic E-state index is 0.133. The summed E-state index contributed by atoms with van der Waals surface area (Å²) in [6, 6.07) is 0. The van der Waals surface area contributed by atoms with E-state index in [0.717, 1.165) is 5.54 Å². The summed E-state index contributed by atoms with van der Waals surface area (Å²) in [7, 11) is 0. The smallest absolute Gasteiger partial charge is 0.0764 e. The SMILES string of the molecule is [2H]/C(Cl)=C\Cl. The van der Waals surface area contributed by atoms with Crippen molar-refractivity contribution in [1.82, 2.24) is 0 Å². The van der Waals surface area contributed by atoms with Crippen LogP contribution in [0.15, 0.2) is 11.0 Å². The van der Waals surface area contributed by atoms with Crippen LogP contribution in [0.25, 0.3) is 0 Å². The molecule has 0 atom stereocenters. The fourth-order valence-electron chi connectivity index (χ4n) is 0. The third kappa shape index (κ3) is 2.32. The van der Waals surface area contributed by atoms with Crippen LogP contribution in [0.3, 0.4) is 0 Å². The van der Waals surface area contributed by atoms with Crippen LogP contribution >= 0.6 is 23.2 Å². The quantitative estimate of drug-likeness (QED) is 0.434. The van der Waals surface area contributed by atoms with Gasteiger partial charge in [-0.2, -0.15) is 0 Å². The lowest BCUT2D eigenvalue weighted by Gasteiger charge is -1.44. The summed E-state index contributed by atoms with van der Waals surface area (Å²) in [5.41, 5.74) is 0.855. The van der Waals surface area contributed by atoms with E-state index in [1.165, 1.54) is 0 Å².